The van der Waals surface area contributed by atoms with E-state index in [-0.39, 0.29) is 36.4 Å². The summed E-state index contributed by atoms with van der Waals surface area (Å²) in [4.78, 5) is 16.7. The smallest absolute Gasteiger partial charge is 0.315 e. The number of carbonyl (C=O) groups is 1. The molecule has 150 valence electrons. The van der Waals surface area contributed by atoms with Gasteiger partial charge in [-0.15, -0.1) is 0 Å². The predicted molar refractivity (Wildman–Crippen MR) is 101 cm³/mol. The Morgan fingerprint density at radius 2 is 1.96 bits per heavy atom. The molecule has 2 aromatic rings. The highest BCUT2D eigenvalue weighted by atomic mass is 16.6. The van der Waals surface area contributed by atoms with Gasteiger partial charge in [-0.05, 0) is 25.0 Å². The van der Waals surface area contributed by atoms with E-state index in [0.29, 0.717) is 19.0 Å². The van der Waals surface area contributed by atoms with E-state index in [2.05, 4.69) is 15.6 Å². The fourth-order valence-electron chi connectivity index (χ4n) is 4.51. The second-order valence-electron chi connectivity index (χ2n) is 7.84. The van der Waals surface area contributed by atoms with Crippen LogP contribution in [0.2, 0.25) is 0 Å². The molecule has 0 aromatic carbocycles. The van der Waals surface area contributed by atoms with Gasteiger partial charge in [0, 0.05) is 24.6 Å². The average molecular weight is 386 g/mol. The standard InChI is InChI=1S/C20H26N4O4/c25-20(22-13-5-2-1-3-6-13)23-14-11-26-18-16(12-27-17(14)18)28-15-7-4-9-24-10-8-21-19(15)24/h4,7-10,13-14,16-18H,1-3,5-6,11-12H2,(H2,22,23,25)/t14-,16-,17+,18+/m0/s1. The number of urea groups is 1. The van der Waals surface area contributed by atoms with Crippen LogP contribution in [0, 0.1) is 0 Å². The van der Waals surface area contributed by atoms with Crippen LogP contribution in [0.15, 0.2) is 30.7 Å². The van der Waals surface area contributed by atoms with Gasteiger partial charge in [-0.2, -0.15) is 0 Å². The molecule has 8 heteroatoms. The van der Waals surface area contributed by atoms with Crippen molar-refractivity contribution in [1.82, 2.24) is 20.0 Å². The first-order chi connectivity index (χ1) is 13.8. The van der Waals surface area contributed by atoms with Crippen LogP contribution in [0.5, 0.6) is 5.75 Å². The van der Waals surface area contributed by atoms with E-state index < -0.39 is 0 Å². The third kappa shape index (κ3) is 3.42. The molecule has 4 atom stereocenters. The fourth-order valence-corrected chi connectivity index (χ4v) is 4.51. The Hall–Kier alpha value is -2.32. The lowest BCUT2D eigenvalue weighted by atomic mass is 9.96. The molecule has 28 heavy (non-hydrogen) atoms. The maximum atomic E-state index is 12.4. The summed E-state index contributed by atoms with van der Waals surface area (Å²) in [5.41, 5.74) is 0.769. The first kappa shape index (κ1) is 17.8. The summed E-state index contributed by atoms with van der Waals surface area (Å²) in [5, 5.41) is 6.13. The van der Waals surface area contributed by atoms with Crippen molar-refractivity contribution in [3.05, 3.63) is 30.7 Å². The first-order valence-corrected chi connectivity index (χ1v) is 10.2. The van der Waals surface area contributed by atoms with Gasteiger partial charge < -0.3 is 29.2 Å². The van der Waals surface area contributed by atoms with Crippen molar-refractivity contribution in [2.24, 2.45) is 0 Å². The molecule has 2 amide bonds. The number of pyridine rings is 1. The van der Waals surface area contributed by atoms with Crippen molar-refractivity contribution in [1.29, 1.82) is 0 Å². The van der Waals surface area contributed by atoms with E-state index in [4.69, 9.17) is 14.2 Å². The Bertz CT molecular complexity index is 834. The number of carbonyl (C=O) groups excluding carboxylic acids is 1. The van der Waals surface area contributed by atoms with Gasteiger partial charge in [0.1, 0.15) is 12.2 Å². The maximum Gasteiger partial charge on any atom is 0.315 e. The first-order valence-electron chi connectivity index (χ1n) is 10.2. The molecule has 0 bridgehead atoms. The molecular formula is C20H26N4O4. The lowest BCUT2D eigenvalue weighted by Crippen LogP contribution is -2.51. The van der Waals surface area contributed by atoms with E-state index in [1.165, 1.54) is 19.3 Å². The zero-order chi connectivity index (χ0) is 18.9. The summed E-state index contributed by atoms with van der Waals surface area (Å²) in [5.74, 6) is 0.705. The van der Waals surface area contributed by atoms with Gasteiger partial charge in [0.2, 0.25) is 0 Å². The number of imidazole rings is 1. The Balaban J connectivity index is 1.19. The largest absolute Gasteiger partial charge is 0.481 e. The molecule has 0 unspecified atom stereocenters. The SMILES string of the molecule is O=C(NC1CCCCC1)N[C@H]1CO[C@H]2[C@@H]1OC[C@@H]2Oc1cccn2ccnc12. The van der Waals surface area contributed by atoms with Crippen molar-refractivity contribution in [3.8, 4) is 5.75 Å². The number of aromatic nitrogens is 2. The molecule has 4 heterocycles. The van der Waals surface area contributed by atoms with Gasteiger partial charge in [-0.3, -0.25) is 0 Å². The lowest BCUT2D eigenvalue weighted by Gasteiger charge is -2.24. The molecule has 2 aliphatic heterocycles. The quantitative estimate of drug-likeness (QED) is 0.838. The highest BCUT2D eigenvalue weighted by molar-refractivity contribution is 5.74. The van der Waals surface area contributed by atoms with Crippen molar-refractivity contribution in [3.63, 3.8) is 0 Å². The summed E-state index contributed by atoms with van der Waals surface area (Å²) in [6.45, 7) is 0.861. The number of hydrogen-bond acceptors (Lipinski definition) is 5. The highest BCUT2D eigenvalue weighted by Crippen LogP contribution is 2.31. The van der Waals surface area contributed by atoms with Gasteiger partial charge in [-0.1, -0.05) is 19.3 Å². The van der Waals surface area contributed by atoms with Gasteiger partial charge in [0.05, 0.1) is 19.3 Å². The molecule has 1 saturated carbocycles. The Kier molecular flexibility index (Phi) is 4.82. The average Bonchev–Trinajstić information content (AvgIpc) is 3.42. The molecule has 2 saturated heterocycles. The molecule has 3 aliphatic rings. The van der Waals surface area contributed by atoms with Crippen LogP contribution in [0.4, 0.5) is 4.79 Å². The van der Waals surface area contributed by atoms with Gasteiger partial charge >= 0.3 is 6.03 Å². The monoisotopic (exact) mass is 386 g/mol. The summed E-state index contributed by atoms with van der Waals surface area (Å²) < 4.78 is 20.0. The summed E-state index contributed by atoms with van der Waals surface area (Å²) >= 11 is 0. The Labute approximate surface area is 163 Å². The van der Waals surface area contributed by atoms with E-state index in [1.54, 1.807) is 6.20 Å². The minimum absolute atomic E-state index is 0.128. The predicted octanol–water partition coefficient (Wildman–Crippen LogP) is 1.88. The molecule has 0 spiro atoms. The molecule has 0 radical (unpaired) electrons. The minimum Gasteiger partial charge on any atom is -0.481 e. The van der Waals surface area contributed by atoms with E-state index in [9.17, 15) is 4.79 Å². The van der Waals surface area contributed by atoms with Crippen LogP contribution >= 0.6 is 0 Å². The summed E-state index contributed by atoms with van der Waals surface area (Å²) in [6.07, 6.45) is 10.7. The highest BCUT2D eigenvalue weighted by Gasteiger charge is 2.49. The number of amides is 2. The van der Waals surface area contributed by atoms with Crippen LogP contribution in [0.25, 0.3) is 5.65 Å². The normalized spacial score (nSPS) is 30.3. The third-order valence-corrected chi connectivity index (χ3v) is 5.93. The van der Waals surface area contributed by atoms with Gasteiger partial charge in [0.15, 0.2) is 17.5 Å². The van der Waals surface area contributed by atoms with Gasteiger partial charge in [-0.25, -0.2) is 9.78 Å². The number of nitrogens with one attached hydrogen (secondary N) is 2. The van der Waals surface area contributed by atoms with Crippen molar-refractivity contribution >= 4 is 11.7 Å². The molecule has 5 rings (SSSR count). The van der Waals surface area contributed by atoms with E-state index in [1.807, 2.05) is 28.9 Å². The zero-order valence-electron chi connectivity index (χ0n) is 15.8. The van der Waals surface area contributed by atoms with Crippen LogP contribution in [-0.2, 0) is 9.47 Å². The second-order valence-corrected chi connectivity index (χ2v) is 7.84. The van der Waals surface area contributed by atoms with Crippen molar-refractivity contribution in [2.45, 2.75) is 62.5 Å². The Morgan fingerprint density at radius 1 is 1.11 bits per heavy atom. The fraction of sp³-hybridized carbons (Fsp3) is 0.600. The second kappa shape index (κ2) is 7.60. The van der Waals surface area contributed by atoms with E-state index >= 15 is 0 Å². The Morgan fingerprint density at radius 3 is 2.86 bits per heavy atom. The van der Waals surface area contributed by atoms with Crippen molar-refractivity contribution in [2.75, 3.05) is 13.2 Å². The molecule has 1 aliphatic carbocycles. The topological polar surface area (TPSA) is 86.1 Å². The molecule has 2 aromatic heterocycles. The molecular weight excluding hydrogens is 360 g/mol. The lowest BCUT2D eigenvalue weighted by molar-refractivity contribution is 0.0308. The number of ether oxygens (including phenoxy) is 3. The van der Waals surface area contributed by atoms with Crippen LogP contribution in [0.3, 0.4) is 0 Å². The van der Waals surface area contributed by atoms with Crippen LogP contribution in [-0.4, -0.2) is 59.0 Å². The summed E-state index contributed by atoms with van der Waals surface area (Å²) in [6, 6.07) is 3.81. The van der Waals surface area contributed by atoms with Crippen molar-refractivity contribution < 1.29 is 19.0 Å². The number of nitrogens with zero attached hydrogens (tertiary/aromatic N) is 2. The third-order valence-electron chi connectivity index (χ3n) is 5.93. The maximum absolute atomic E-state index is 12.4. The minimum atomic E-state index is -0.221. The zero-order valence-corrected chi connectivity index (χ0v) is 15.8. The molecule has 2 N–H and O–H groups in total. The number of hydrogen-bond donors (Lipinski definition) is 2. The summed E-state index contributed by atoms with van der Waals surface area (Å²) in [7, 11) is 0. The van der Waals surface area contributed by atoms with Gasteiger partial charge in [0.25, 0.3) is 0 Å². The number of fused-ring (bicyclic) bond motifs is 2. The van der Waals surface area contributed by atoms with E-state index in [0.717, 1.165) is 18.5 Å². The molecule has 8 nitrogen and oxygen atoms in total. The van der Waals surface area contributed by atoms with Crippen LogP contribution in [0.1, 0.15) is 32.1 Å². The van der Waals surface area contributed by atoms with Crippen LogP contribution < -0.4 is 15.4 Å². The molecule has 3 fully saturated rings. The number of rotatable bonds is 4.